The van der Waals surface area contributed by atoms with E-state index in [9.17, 15) is 18.0 Å². The van der Waals surface area contributed by atoms with Crippen LogP contribution in [0.25, 0.3) is 11.3 Å². The molecule has 0 aliphatic carbocycles. The first-order valence-corrected chi connectivity index (χ1v) is 9.91. The number of rotatable bonds is 5. The molecule has 1 saturated heterocycles. The van der Waals surface area contributed by atoms with E-state index in [1.54, 1.807) is 37.4 Å². The molecule has 3 rings (SSSR count). The number of nitrogens with one attached hydrogen (secondary N) is 1. The SMILES string of the molecule is COc1ccc(-c2ccc(=O)n(CC(=O)NC3CCS(=O)(=O)C3)n2)cc1. The number of hydrogen-bond acceptors (Lipinski definition) is 6. The Bertz CT molecular complexity index is 967. The minimum atomic E-state index is -3.08. The van der Waals surface area contributed by atoms with Gasteiger partial charge in [0.2, 0.25) is 5.91 Å². The number of amides is 1. The van der Waals surface area contributed by atoms with Crippen LogP contribution in [0.2, 0.25) is 0 Å². The molecule has 1 N–H and O–H groups in total. The number of methoxy groups -OCH3 is 1. The summed E-state index contributed by atoms with van der Waals surface area (Å²) in [4.78, 5) is 24.1. The summed E-state index contributed by atoms with van der Waals surface area (Å²) in [5.41, 5.74) is 0.918. The summed E-state index contributed by atoms with van der Waals surface area (Å²) >= 11 is 0. The fourth-order valence-corrected chi connectivity index (χ4v) is 4.47. The Hall–Kier alpha value is -2.68. The second-order valence-electron chi connectivity index (χ2n) is 6.11. The molecule has 1 aromatic carbocycles. The van der Waals surface area contributed by atoms with Crippen molar-refractivity contribution in [2.75, 3.05) is 18.6 Å². The zero-order valence-corrected chi connectivity index (χ0v) is 15.0. The molecule has 1 unspecified atom stereocenters. The molecule has 9 heteroatoms. The average Bonchev–Trinajstić information content (AvgIpc) is 2.95. The molecule has 2 aromatic rings. The van der Waals surface area contributed by atoms with Gasteiger partial charge in [0.05, 0.1) is 24.3 Å². The summed E-state index contributed by atoms with van der Waals surface area (Å²) in [6.07, 6.45) is 0.391. The largest absolute Gasteiger partial charge is 0.497 e. The zero-order valence-electron chi connectivity index (χ0n) is 14.2. The van der Waals surface area contributed by atoms with Crippen LogP contribution in [0.4, 0.5) is 0 Å². The first kappa shape index (κ1) is 18.1. The summed E-state index contributed by atoms with van der Waals surface area (Å²) < 4.78 is 29.1. The number of hydrogen-bond donors (Lipinski definition) is 1. The molecule has 0 radical (unpaired) electrons. The van der Waals surface area contributed by atoms with Gasteiger partial charge >= 0.3 is 0 Å². The number of aromatic nitrogens is 2. The molecular formula is C17H19N3O5S. The van der Waals surface area contributed by atoms with Crippen LogP contribution in [0.5, 0.6) is 5.75 Å². The minimum Gasteiger partial charge on any atom is -0.497 e. The molecule has 1 amide bonds. The van der Waals surface area contributed by atoms with Crippen LogP contribution in [0.15, 0.2) is 41.2 Å². The summed E-state index contributed by atoms with van der Waals surface area (Å²) in [7, 11) is -1.51. The van der Waals surface area contributed by atoms with Crippen molar-refractivity contribution in [3.8, 4) is 17.0 Å². The third-order valence-electron chi connectivity index (χ3n) is 4.14. The van der Waals surface area contributed by atoms with Crippen molar-refractivity contribution in [3.63, 3.8) is 0 Å². The van der Waals surface area contributed by atoms with E-state index < -0.39 is 27.3 Å². The molecule has 1 aromatic heterocycles. The lowest BCUT2D eigenvalue weighted by atomic mass is 10.1. The number of nitrogens with zero attached hydrogens (tertiary/aromatic N) is 2. The Morgan fingerprint density at radius 1 is 1.27 bits per heavy atom. The molecule has 1 fully saturated rings. The Morgan fingerprint density at radius 2 is 2.00 bits per heavy atom. The van der Waals surface area contributed by atoms with Crippen molar-refractivity contribution >= 4 is 15.7 Å². The van der Waals surface area contributed by atoms with Crippen LogP contribution in [-0.2, 0) is 21.2 Å². The van der Waals surface area contributed by atoms with E-state index in [0.29, 0.717) is 17.9 Å². The predicted octanol–water partition coefficient (Wildman–Crippen LogP) is 0.222. The van der Waals surface area contributed by atoms with Gasteiger partial charge in [0.25, 0.3) is 5.56 Å². The average molecular weight is 377 g/mol. The van der Waals surface area contributed by atoms with Crippen LogP contribution in [-0.4, -0.2) is 48.8 Å². The Balaban J connectivity index is 1.73. The summed E-state index contributed by atoms with van der Waals surface area (Å²) in [5, 5.41) is 6.88. The highest BCUT2D eigenvalue weighted by Crippen LogP contribution is 2.19. The lowest BCUT2D eigenvalue weighted by Gasteiger charge is -2.12. The number of benzene rings is 1. The molecule has 1 aliphatic heterocycles. The molecule has 1 aliphatic rings. The highest BCUT2D eigenvalue weighted by Gasteiger charge is 2.28. The van der Waals surface area contributed by atoms with Gasteiger partial charge in [-0.25, -0.2) is 13.1 Å². The van der Waals surface area contributed by atoms with Crippen LogP contribution in [0.3, 0.4) is 0 Å². The molecule has 1 atom stereocenters. The van der Waals surface area contributed by atoms with Crippen molar-refractivity contribution in [1.82, 2.24) is 15.1 Å². The first-order chi connectivity index (χ1) is 12.4. The van der Waals surface area contributed by atoms with Crippen LogP contribution < -0.4 is 15.6 Å². The Kier molecular flexibility index (Phi) is 5.08. The molecule has 0 saturated carbocycles. The minimum absolute atomic E-state index is 0.0625. The number of carbonyl (C=O) groups excluding carboxylic acids is 1. The van der Waals surface area contributed by atoms with E-state index >= 15 is 0 Å². The van der Waals surface area contributed by atoms with Gasteiger partial charge in [-0.15, -0.1) is 0 Å². The molecule has 26 heavy (non-hydrogen) atoms. The smallest absolute Gasteiger partial charge is 0.267 e. The summed E-state index contributed by atoms with van der Waals surface area (Å²) in [5.74, 6) is 0.275. The standard InChI is InChI=1S/C17H19N3O5S/c1-25-14-4-2-12(3-5-14)15-6-7-17(22)20(19-15)10-16(21)18-13-8-9-26(23,24)11-13/h2-7,13H,8-11H2,1H3,(H,18,21). The lowest BCUT2D eigenvalue weighted by Crippen LogP contribution is -2.40. The second kappa shape index (κ2) is 7.28. The van der Waals surface area contributed by atoms with E-state index in [0.717, 1.165) is 10.2 Å². The number of sulfone groups is 1. The van der Waals surface area contributed by atoms with E-state index in [1.165, 1.54) is 6.07 Å². The van der Waals surface area contributed by atoms with Gasteiger partial charge in [0.15, 0.2) is 9.84 Å². The highest BCUT2D eigenvalue weighted by molar-refractivity contribution is 7.91. The number of ether oxygens (including phenoxy) is 1. The van der Waals surface area contributed by atoms with E-state index in [1.807, 2.05) is 0 Å². The topological polar surface area (TPSA) is 107 Å². The van der Waals surface area contributed by atoms with Gasteiger partial charge in [-0.05, 0) is 36.8 Å². The molecule has 138 valence electrons. The van der Waals surface area contributed by atoms with Gasteiger partial charge < -0.3 is 10.1 Å². The van der Waals surface area contributed by atoms with Crippen LogP contribution in [0.1, 0.15) is 6.42 Å². The van der Waals surface area contributed by atoms with Crippen molar-refractivity contribution in [2.24, 2.45) is 0 Å². The lowest BCUT2D eigenvalue weighted by molar-refractivity contribution is -0.122. The Labute approximate surface area is 150 Å². The molecule has 0 spiro atoms. The van der Waals surface area contributed by atoms with Gasteiger partial charge in [0.1, 0.15) is 12.3 Å². The maximum atomic E-state index is 12.1. The normalized spacial score (nSPS) is 18.4. The molecule has 2 heterocycles. The van der Waals surface area contributed by atoms with Crippen molar-refractivity contribution in [2.45, 2.75) is 19.0 Å². The highest BCUT2D eigenvalue weighted by atomic mass is 32.2. The molecular weight excluding hydrogens is 358 g/mol. The maximum absolute atomic E-state index is 12.1. The maximum Gasteiger partial charge on any atom is 0.267 e. The quantitative estimate of drug-likeness (QED) is 0.799. The third kappa shape index (κ3) is 4.29. The van der Waals surface area contributed by atoms with Crippen molar-refractivity contribution < 1.29 is 17.9 Å². The van der Waals surface area contributed by atoms with Crippen LogP contribution in [0, 0.1) is 0 Å². The fraction of sp³-hybridized carbons (Fsp3) is 0.353. The van der Waals surface area contributed by atoms with Gasteiger partial charge in [-0.3, -0.25) is 9.59 Å². The van der Waals surface area contributed by atoms with E-state index in [-0.39, 0.29) is 18.1 Å². The third-order valence-corrected chi connectivity index (χ3v) is 5.91. The monoisotopic (exact) mass is 377 g/mol. The van der Waals surface area contributed by atoms with E-state index in [2.05, 4.69) is 10.4 Å². The fourth-order valence-electron chi connectivity index (χ4n) is 2.80. The van der Waals surface area contributed by atoms with Crippen LogP contribution >= 0.6 is 0 Å². The molecule has 8 nitrogen and oxygen atoms in total. The second-order valence-corrected chi connectivity index (χ2v) is 8.34. The summed E-state index contributed by atoms with van der Waals surface area (Å²) in [6.45, 7) is -0.265. The molecule has 0 bridgehead atoms. The summed E-state index contributed by atoms with van der Waals surface area (Å²) in [6, 6.07) is 9.69. The van der Waals surface area contributed by atoms with Gasteiger partial charge in [0, 0.05) is 17.7 Å². The van der Waals surface area contributed by atoms with Gasteiger partial charge in [-0.1, -0.05) is 0 Å². The van der Waals surface area contributed by atoms with Crippen molar-refractivity contribution in [3.05, 3.63) is 46.8 Å². The Morgan fingerprint density at radius 3 is 2.62 bits per heavy atom. The van der Waals surface area contributed by atoms with E-state index in [4.69, 9.17) is 4.74 Å². The number of carbonyl (C=O) groups is 1. The first-order valence-electron chi connectivity index (χ1n) is 8.09. The zero-order chi connectivity index (χ0) is 18.7. The van der Waals surface area contributed by atoms with Gasteiger partial charge in [-0.2, -0.15) is 5.10 Å². The predicted molar refractivity (Wildman–Crippen MR) is 95.7 cm³/mol. The van der Waals surface area contributed by atoms with Crippen molar-refractivity contribution in [1.29, 1.82) is 0 Å².